The van der Waals surface area contributed by atoms with E-state index in [4.69, 9.17) is 4.79 Å². The number of benzene rings is 2. The van der Waals surface area contributed by atoms with Crippen LogP contribution in [-0.2, 0) is 15.6 Å². The summed E-state index contributed by atoms with van der Waals surface area (Å²) in [5.74, 6) is 0.506. The van der Waals surface area contributed by atoms with Crippen LogP contribution in [0, 0.1) is 13.8 Å². The molecule has 0 bridgehead atoms. The van der Waals surface area contributed by atoms with Crippen LogP contribution < -0.4 is 0 Å². The van der Waals surface area contributed by atoms with Crippen LogP contribution in [-0.4, -0.2) is 47.8 Å². The first-order valence-corrected chi connectivity index (χ1v) is 15.2. The molecule has 2 N–H and O–H groups in total. The van der Waals surface area contributed by atoms with Gasteiger partial charge in [0.25, 0.3) is 0 Å². The second kappa shape index (κ2) is 21.1. The molecular formula is C36H61NO4. The van der Waals surface area contributed by atoms with Gasteiger partial charge in [0, 0.05) is 5.56 Å². The number of aldehydes is 1. The molecule has 0 aliphatic carbocycles. The van der Waals surface area contributed by atoms with Crippen LogP contribution in [0.3, 0.4) is 0 Å². The molecule has 2 aromatic rings. The second-order valence-electron chi connectivity index (χ2n) is 12.8. The fraction of sp³-hybridized carbons (Fsp3) is 0.611. The van der Waals surface area contributed by atoms with Crippen LogP contribution in [0.15, 0.2) is 30.3 Å². The molecule has 234 valence electrons. The lowest BCUT2D eigenvalue weighted by atomic mass is 9.84. The summed E-state index contributed by atoms with van der Waals surface area (Å²) in [7, 11) is 0. The summed E-state index contributed by atoms with van der Waals surface area (Å²) in [6.45, 7) is 29.1. The van der Waals surface area contributed by atoms with Crippen LogP contribution in [0.1, 0.15) is 133 Å². The van der Waals surface area contributed by atoms with Gasteiger partial charge in [0.05, 0.1) is 5.56 Å². The van der Waals surface area contributed by atoms with Crippen molar-refractivity contribution in [2.45, 2.75) is 126 Å². The van der Waals surface area contributed by atoms with E-state index in [1.54, 1.807) is 12.1 Å². The van der Waals surface area contributed by atoms with Crippen LogP contribution in [0.4, 0.5) is 0 Å². The summed E-state index contributed by atoms with van der Waals surface area (Å²) in [6.07, 6.45) is 8.78. The van der Waals surface area contributed by atoms with E-state index in [0.29, 0.717) is 17.6 Å². The van der Waals surface area contributed by atoms with Crippen molar-refractivity contribution in [3.63, 3.8) is 0 Å². The van der Waals surface area contributed by atoms with E-state index in [9.17, 15) is 15.0 Å². The molecule has 5 nitrogen and oxygen atoms in total. The standard InChI is InChI=1S/C12H27N.C12H16O2.C11H16O.CH2O/c1-4-7-10-13(11-8-5-2)12-9-6-3;1-8-5-9(7-13)11(14)10(6-8)12(2,3)4;1-8-5-6-10(12)9(7-8)11(2,3)4;1-2/h4-12H2,1-3H3;5-7,14H,1-4H3;5-7,12H,1-4H3;1H2. The molecule has 0 spiro atoms. The van der Waals surface area contributed by atoms with Gasteiger partial charge in [-0.1, -0.05) is 105 Å². The maximum absolute atomic E-state index is 10.7. The van der Waals surface area contributed by atoms with Crippen molar-refractivity contribution in [1.29, 1.82) is 0 Å². The van der Waals surface area contributed by atoms with E-state index in [-0.39, 0.29) is 16.6 Å². The molecule has 0 amide bonds. The second-order valence-corrected chi connectivity index (χ2v) is 12.8. The summed E-state index contributed by atoms with van der Waals surface area (Å²) < 4.78 is 0. The third-order valence-electron chi connectivity index (χ3n) is 6.66. The number of aryl methyl sites for hydroxylation is 2. The van der Waals surface area contributed by atoms with Gasteiger partial charge in [-0.2, -0.15) is 0 Å². The lowest BCUT2D eigenvalue weighted by Gasteiger charge is -2.21. The number of hydrogen-bond acceptors (Lipinski definition) is 5. The Kier molecular flexibility index (Phi) is 20.8. The molecule has 2 aromatic carbocycles. The molecule has 0 saturated heterocycles. The number of phenols is 2. The highest BCUT2D eigenvalue weighted by Crippen LogP contribution is 2.33. The van der Waals surface area contributed by atoms with Gasteiger partial charge >= 0.3 is 0 Å². The van der Waals surface area contributed by atoms with E-state index in [2.05, 4.69) is 46.4 Å². The number of nitrogens with zero attached hydrogens (tertiary/aromatic N) is 1. The third kappa shape index (κ3) is 17.0. The Labute approximate surface area is 252 Å². The van der Waals surface area contributed by atoms with Crippen molar-refractivity contribution in [3.05, 3.63) is 58.1 Å². The zero-order valence-corrected chi connectivity index (χ0v) is 28.2. The van der Waals surface area contributed by atoms with E-state index in [0.717, 1.165) is 16.7 Å². The number of unbranched alkanes of at least 4 members (excludes halogenated alkanes) is 3. The maximum Gasteiger partial charge on any atom is 0.153 e. The Hall–Kier alpha value is -2.66. The summed E-state index contributed by atoms with van der Waals surface area (Å²) >= 11 is 0. The zero-order chi connectivity index (χ0) is 32.2. The van der Waals surface area contributed by atoms with Crippen molar-refractivity contribution in [2.24, 2.45) is 0 Å². The Morgan fingerprint density at radius 3 is 1.46 bits per heavy atom. The van der Waals surface area contributed by atoms with Crippen LogP contribution in [0.2, 0.25) is 0 Å². The van der Waals surface area contributed by atoms with E-state index >= 15 is 0 Å². The van der Waals surface area contributed by atoms with Crippen molar-refractivity contribution < 1.29 is 19.8 Å². The van der Waals surface area contributed by atoms with Gasteiger partial charge < -0.3 is 19.9 Å². The van der Waals surface area contributed by atoms with E-state index < -0.39 is 0 Å². The molecule has 5 heteroatoms. The van der Waals surface area contributed by atoms with E-state index in [1.165, 1.54) is 63.7 Å². The first kappa shape index (κ1) is 40.5. The Morgan fingerprint density at radius 2 is 1.12 bits per heavy atom. The Bertz CT molecular complexity index is 967. The monoisotopic (exact) mass is 571 g/mol. The Morgan fingerprint density at radius 1 is 0.707 bits per heavy atom. The molecule has 0 aliphatic rings. The molecule has 0 aliphatic heterocycles. The lowest BCUT2D eigenvalue weighted by Crippen LogP contribution is -2.27. The number of aromatic hydroxyl groups is 2. The minimum Gasteiger partial charge on any atom is -0.508 e. The summed E-state index contributed by atoms with van der Waals surface area (Å²) in [5.41, 5.74) is 4.27. The van der Waals surface area contributed by atoms with Crippen molar-refractivity contribution in [1.82, 2.24) is 4.90 Å². The first-order valence-electron chi connectivity index (χ1n) is 15.2. The third-order valence-corrected chi connectivity index (χ3v) is 6.66. The smallest absolute Gasteiger partial charge is 0.153 e. The van der Waals surface area contributed by atoms with Gasteiger partial charge in [0.2, 0.25) is 0 Å². The molecule has 0 aromatic heterocycles. The molecule has 0 fully saturated rings. The van der Waals surface area contributed by atoms with Crippen molar-refractivity contribution in [2.75, 3.05) is 19.6 Å². The Balaban J connectivity index is 0. The van der Waals surface area contributed by atoms with Gasteiger partial charge in [0.15, 0.2) is 6.29 Å². The molecule has 0 radical (unpaired) electrons. The van der Waals surface area contributed by atoms with Crippen molar-refractivity contribution >= 4 is 13.1 Å². The average Bonchev–Trinajstić information content (AvgIpc) is 2.91. The number of rotatable bonds is 10. The number of carbonyl (C=O) groups excluding carboxylic acids is 2. The van der Waals surface area contributed by atoms with Gasteiger partial charge in [-0.25, -0.2) is 0 Å². The normalized spacial score (nSPS) is 10.9. The van der Waals surface area contributed by atoms with Crippen LogP contribution >= 0.6 is 0 Å². The number of carbonyl (C=O) groups is 2. The largest absolute Gasteiger partial charge is 0.508 e. The molecule has 0 heterocycles. The van der Waals surface area contributed by atoms with Gasteiger partial charge in [-0.3, -0.25) is 4.79 Å². The lowest BCUT2D eigenvalue weighted by molar-refractivity contribution is -0.0980. The molecule has 2 rings (SSSR count). The highest BCUT2D eigenvalue weighted by atomic mass is 16.3. The quantitative estimate of drug-likeness (QED) is 0.278. The van der Waals surface area contributed by atoms with Crippen LogP contribution in [0.25, 0.3) is 0 Å². The van der Waals surface area contributed by atoms with Gasteiger partial charge in [-0.05, 0) is 86.8 Å². The topological polar surface area (TPSA) is 77.8 Å². The fourth-order valence-corrected chi connectivity index (χ4v) is 4.20. The minimum atomic E-state index is -0.145. The van der Waals surface area contributed by atoms with E-state index in [1.807, 2.05) is 59.6 Å². The summed E-state index contributed by atoms with van der Waals surface area (Å²) in [4.78, 5) is 21.3. The van der Waals surface area contributed by atoms with Crippen molar-refractivity contribution in [3.8, 4) is 11.5 Å². The fourth-order valence-electron chi connectivity index (χ4n) is 4.20. The summed E-state index contributed by atoms with van der Waals surface area (Å²) in [5, 5.41) is 19.4. The van der Waals surface area contributed by atoms with Gasteiger partial charge in [0.1, 0.15) is 18.3 Å². The van der Waals surface area contributed by atoms with Crippen LogP contribution in [0.5, 0.6) is 11.5 Å². The SMILES string of the molecule is C=O.CCCCN(CCCC)CCCC.Cc1cc(C=O)c(O)c(C(C)(C)C)c1.Cc1ccc(O)c(C(C)(C)C)c1. The predicted octanol–water partition coefficient (Wildman–Crippen LogP) is 9.31. The maximum atomic E-state index is 10.7. The molecule has 0 saturated carbocycles. The predicted molar refractivity (Wildman–Crippen MR) is 177 cm³/mol. The highest BCUT2D eigenvalue weighted by Gasteiger charge is 2.20. The molecular weight excluding hydrogens is 510 g/mol. The molecule has 0 unspecified atom stereocenters. The summed E-state index contributed by atoms with van der Waals surface area (Å²) in [6, 6.07) is 9.33. The number of phenolic OH excluding ortho intramolecular Hbond substituents is 2. The molecule has 41 heavy (non-hydrogen) atoms. The molecule has 0 atom stereocenters. The minimum absolute atomic E-state index is 0.0239. The zero-order valence-electron chi connectivity index (χ0n) is 28.2. The van der Waals surface area contributed by atoms with Gasteiger partial charge in [-0.15, -0.1) is 0 Å². The number of hydrogen-bond donors (Lipinski definition) is 2. The first-order chi connectivity index (χ1) is 19.1. The average molecular weight is 572 g/mol. The highest BCUT2D eigenvalue weighted by molar-refractivity contribution is 5.80.